The van der Waals surface area contributed by atoms with Crippen LogP contribution in [0.1, 0.15) is 24.0 Å². The van der Waals surface area contributed by atoms with Crippen LogP contribution in [0.3, 0.4) is 0 Å². The van der Waals surface area contributed by atoms with Gasteiger partial charge in [-0.05, 0) is 25.0 Å². The van der Waals surface area contributed by atoms with E-state index in [-0.39, 0.29) is 11.5 Å². The van der Waals surface area contributed by atoms with Crippen LogP contribution in [0.5, 0.6) is 0 Å². The number of hydrogen-bond donors (Lipinski definition) is 1. The van der Waals surface area contributed by atoms with Gasteiger partial charge in [0.25, 0.3) is 5.56 Å². The van der Waals surface area contributed by atoms with Gasteiger partial charge in [-0.1, -0.05) is 60.2 Å². The van der Waals surface area contributed by atoms with Crippen LogP contribution in [0.25, 0.3) is 11.3 Å². The number of nitrogens with zero attached hydrogens (tertiary/aromatic N) is 2. The standard InChI is InChI=1S/C22H23N3O2/c1-17-9-11-18(12-10-17)16-23-21(26)8-5-15-25-22(27)14-13-20(24-25)19-6-3-2-4-7-19/h2-4,6-7,9-14H,5,8,15-16H2,1H3,(H,23,26). The molecule has 0 radical (unpaired) electrons. The summed E-state index contributed by atoms with van der Waals surface area (Å²) in [7, 11) is 0. The quantitative estimate of drug-likeness (QED) is 0.702. The van der Waals surface area contributed by atoms with E-state index in [9.17, 15) is 9.59 Å². The number of aryl methyl sites for hydroxylation is 2. The Morgan fingerprint density at radius 1 is 1.00 bits per heavy atom. The maximum Gasteiger partial charge on any atom is 0.266 e. The Balaban J connectivity index is 1.51. The van der Waals surface area contributed by atoms with Gasteiger partial charge in [-0.15, -0.1) is 0 Å². The van der Waals surface area contributed by atoms with Crippen molar-refractivity contribution in [3.8, 4) is 11.3 Å². The fourth-order valence-corrected chi connectivity index (χ4v) is 2.76. The molecule has 0 unspecified atom stereocenters. The van der Waals surface area contributed by atoms with Crippen LogP contribution in [-0.4, -0.2) is 15.7 Å². The zero-order chi connectivity index (χ0) is 19.1. The van der Waals surface area contributed by atoms with Crippen LogP contribution >= 0.6 is 0 Å². The average Bonchev–Trinajstić information content (AvgIpc) is 2.69. The number of hydrogen-bond acceptors (Lipinski definition) is 3. The Labute approximate surface area is 158 Å². The average molecular weight is 361 g/mol. The first-order valence-corrected chi connectivity index (χ1v) is 9.08. The molecule has 3 rings (SSSR count). The van der Waals surface area contributed by atoms with Gasteiger partial charge < -0.3 is 5.32 Å². The third-order valence-electron chi connectivity index (χ3n) is 4.32. The first-order chi connectivity index (χ1) is 13.1. The summed E-state index contributed by atoms with van der Waals surface area (Å²) in [6.45, 7) is 2.96. The molecule has 0 aliphatic rings. The number of aromatic nitrogens is 2. The predicted octanol–water partition coefficient (Wildman–Crippen LogP) is 3.32. The van der Waals surface area contributed by atoms with Gasteiger partial charge in [0.05, 0.1) is 5.69 Å². The van der Waals surface area contributed by atoms with Gasteiger partial charge in [-0.3, -0.25) is 9.59 Å². The van der Waals surface area contributed by atoms with Crippen molar-refractivity contribution in [3.63, 3.8) is 0 Å². The molecular formula is C22H23N3O2. The topological polar surface area (TPSA) is 64.0 Å². The van der Waals surface area contributed by atoms with Gasteiger partial charge in [0.15, 0.2) is 0 Å². The van der Waals surface area contributed by atoms with Crippen molar-refractivity contribution in [2.45, 2.75) is 32.9 Å². The predicted molar refractivity (Wildman–Crippen MR) is 106 cm³/mol. The summed E-state index contributed by atoms with van der Waals surface area (Å²) in [5, 5.41) is 7.32. The zero-order valence-corrected chi connectivity index (χ0v) is 15.4. The van der Waals surface area contributed by atoms with Crippen molar-refractivity contribution >= 4 is 5.91 Å². The minimum absolute atomic E-state index is 0.0252. The molecule has 138 valence electrons. The molecule has 0 fully saturated rings. The van der Waals surface area contributed by atoms with Crippen molar-refractivity contribution in [1.82, 2.24) is 15.1 Å². The molecule has 5 heteroatoms. The first-order valence-electron chi connectivity index (χ1n) is 9.08. The lowest BCUT2D eigenvalue weighted by Crippen LogP contribution is -2.25. The second-order valence-corrected chi connectivity index (χ2v) is 6.51. The van der Waals surface area contributed by atoms with Gasteiger partial charge >= 0.3 is 0 Å². The highest BCUT2D eigenvalue weighted by Crippen LogP contribution is 2.14. The van der Waals surface area contributed by atoms with Gasteiger partial charge in [-0.2, -0.15) is 5.10 Å². The summed E-state index contributed by atoms with van der Waals surface area (Å²) in [6, 6.07) is 21.0. The van der Waals surface area contributed by atoms with Crippen molar-refractivity contribution in [2.75, 3.05) is 0 Å². The number of nitrogens with one attached hydrogen (secondary N) is 1. The smallest absolute Gasteiger partial charge is 0.266 e. The molecular weight excluding hydrogens is 338 g/mol. The maximum absolute atomic E-state index is 12.0. The summed E-state index contributed by atoms with van der Waals surface area (Å²) in [5.41, 5.74) is 3.82. The Kier molecular flexibility index (Phi) is 6.15. The molecule has 2 aromatic carbocycles. The second kappa shape index (κ2) is 8.94. The van der Waals surface area contributed by atoms with Gasteiger partial charge in [0.2, 0.25) is 5.91 Å². The van der Waals surface area contributed by atoms with E-state index in [1.807, 2.05) is 61.5 Å². The molecule has 27 heavy (non-hydrogen) atoms. The Morgan fingerprint density at radius 3 is 2.48 bits per heavy atom. The lowest BCUT2D eigenvalue weighted by molar-refractivity contribution is -0.121. The zero-order valence-electron chi connectivity index (χ0n) is 15.4. The van der Waals surface area contributed by atoms with E-state index in [4.69, 9.17) is 0 Å². The molecule has 1 N–H and O–H groups in total. The molecule has 0 saturated carbocycles. The van der Waals surface area contributed by atoms with Crippen LogP contribution in [0.4, 0.5) is 0 Å². The van der Waals surface area contributed by atoms with E-state index in [1.54, 1.807) is 6.07 Å². The summed E-state index contributed by atoms with van der Waals surface area (Å²) >= 11 is 0. The largest absolute Gasteiger partial charge is 0.352 e. The normalized spacial score (nSPS) is 10.6. The fraction of sp³-hybridized carbons (Fsp3) is 0.227. The van der Waals surface area contributed by atoms with Gasteiger partial charge in [-0.25, -0.2) is 4.68 Å². The lowest BCUT2D eigenvalue weighted by Gasteiger charge is -2.08. The highest BCUT2D eigenvalue weighted by atomic mass is 16.1. The van der Waals surface area contributed by atoms with Crippen molar-refractivity contribution in [1.29, 1.82) is 0 Å². The van der Waals surface area contributed by atoms with E-state index in [0.29, 0.717) is 25.9 Å². The van der Waals surface area contributed by atoms with Gasteiger partial charge in [0, 0.05) is 31.1 Å². The summed E-state index contributed by atoms with van der Waals surface area (Å²) in [6.07, 6.45) is 0.917. The maximum atomic E-state index is 12.0. The summed E-state index contributed by atoms with van der Waals surface area (Å²) < 4.78 is 1.43. The van der Waals surface area contributed by atoms with Crippen molar-refractivity contribution in [2.24, 2.45) is 0 Å². The molecule has 5 nitrogen and oxygen atoms in total. The number of rotatable bonds is 7. The third kappa shape index (κ3) is 5.38. The lowest BCUT2D eigenvalue weighted by atomic mass is 10.1. The van der Waals surface area contributed by atoms with Crippen molar-refractivity contribution in [3.05, 3.63) is 88.2 Å². The van der Waals surface area contributed by atoms with Crippen LogP contribution in [0, 0.1) is 6.92 Å². The van der Waals surface area contributed by atoms with Crippen LogP contribution < -0.4 is 10.9 Å². The monoisotopic (exact) mass is 361 g/mol. The van der Waals surface area contributed by atoms with E-state index in [0.717, 1.165) is 16.8 Å². The highest BCUT2D eigenvalue weighted by Gasteiger charge is 2.05. The van der Waals surface area contributed by atoms with Crippen LogP contribution in [-0.2, 0) is 17.9 Å². The van der Waals surface area contributed by atoms with Crippen molar-refractivity contribution < 1.29 is 4.79 Å². The second-order valence-electron chi connectivity index (χ2n) is 6.51. The molecule has 0 saturated heterocycles. The van der Waals surface area contributed by atoms with E-state index in [1.165, 1.54) is 16.3 Å². The van der Waals surface area contributed by atoms with Crippen LogP contribution in [0.2, 0.25) is 0 Å². The fourth-order valence-electron chi connectivity index (χ4n) is 2.76. The molecule has 3 aromatic rings. The number of carbonyl (C=O) groups excluding carboxylic acids is 1. The number of amides is 1. The first kappa shape index (κ1) is 18.6. The SMILES string of the molecule is Cc1ccc(CNC(=O)CCCn2nc(-c3ccccc3)ccc2=O)cc1. The molecule has 0 bridgehead atoms. The Hall–Kier alpha value is -3.21. The summed E-state index contributed by atoms with van der Waals surface area (Å²) in [4.78, 5) is 24.0. The van der Waals surface area contributed by atoms with Crippen LogP contribution in [0.15, 0.2) is 71.5 Å². The van der Waals surface area contributed by atoms with E-state index >= 15 is 0 Å². The van der Waals surface area contributed by atoms with E-state index in [2.05, 4.69) is 10.4 Å². The number of benzene rings is 2. The molecule has 1 aromatic heterocycles. The molecule has 1 amide bonds. The minimum Gasteiger partial charge on any atom is -0.352 e. The highest BCUT2D eigenvalue weighted by molar-refractivity contribution is 5.75. The molecule has 0 atom stereocenters. The Bertz CT molecular complexity index is 947. The van der Waals surface area contributed by atoms with Gasteiger partial charge in [0.1, 0.15) is 0 Å². The molecule has 0 spiro atoms. The minimum atomic E-state index is -0.158. The van der Waals surface area contributed by atoms with E-state index < -0.39 is 0 Å². The molecule has 0 aliphatic carbocycles. The number of carbonyl (C=O) groups is 1. The summed E-state index contributed by atoms with van der Waals surface area (Å²) in [5.74, 6) is -0.0252. The third-order valence-corrected chi connectivity index (χ3v) is 4.32. The molecule has 0 aliphatic heterocycles. The Morgan fingerprint density at radius 2 is 1.74 bits per heavy atom. The molecule has 1 heterocycles.